The number of carboxylic acids is 1. The smallest absolute Gasteiger partial charge is 0.352 e. The van der Waals surface area contributed by atoms with Gasteiger partial charge in [0.2, 0.25) is 11.8 Å². The molecule has 0 radical (unpaired) electrons. The minimum Gasteiger partial charge on any atom is -0.477 e. The van der Waals surface area contributed by atoms with E-state index in [0.29, 0.717) is 6.42 Å². The predicted octanol–water partition coefficient (Wildman–Crippen LogP) is 3.09. The van der Waals surface area contributed by atoms with E-state index in [9.17, 15) is 14.4 Å². The molecule has 0 aromatic heterocycles. The van der Waals surface area contributed by atoms with Crippen molar-refractivity contribution in [2.24, 2.45) is 11.7 Å². The van der Waals surface area contributed by atoms with Crippen LogP contribution in [0.4, 0.5) is 0 Å². The minimum absolute atomic E-state index is 0.0396. The monoisotopic (exact) mass is 397 g/mol. The van der Waals surface area contributed by atoms with Gasteiger partial charge < -0.3 is 21.5 Å². The van der Waals surface area contributed by atoms with Crippen LogP contribution in [-0.4, -0.2) is 35.0 Å². The van der Waals surface area contributed by atoms with Crippen molar-refractivity contribution in [3.63, 3.8) is 0 Å². The molecule has 0 aliphatic heterocycles. The lowest BCUT2D eigenvalue weighted by Gasteiger charge is -2.24. The molecule has 28 heavy (non-hydrogen) atoms. The Morgan fingerprint density at radius 2 is 1.61 bits per heavy atom. The van der Waals surface area contributed by atoms with Crippen molar-refractivity contribution in [1.29, 1.82) is 0 Å². The van der Waals surface area contributed by atoms with Crippen LogP contribution in [0.2, 0.25) is 0 Å². The van der Waals surface area contributed by atoms with Gasteiger partial charge in [0.25, 0.3) is 0 Å². The summed E-state index contributed by atoms with van der Waals surface area (Å²) < 4.78 is 0. The number of hydrogen-bond acceptors (Lipinski definition) is 4. The molecule has 0 aromatic rings. The topological polar surface area (TPSA) is 122 Å². The Morgan fingerprint density at radius 1 is 1.04 bits per heavy atom. The van der Waals surface area contributed by atoms with Crippen LogP contribution in [0.3, 0.4) is 0 Å². The zero-order chi connectivity index (χ0) is 21.5. The van der Waals surface area contributed by atoms with Crippen molar-refractivity contribution < 1.29 is 19.5 Å². The van der Waals surface area contributed by atoms with Gasteiger partial charge in [-0.3, -0.25) is 9.59 Å². The highest BCUT2D eigenvalue weighted by Crippen LogP contribution is 2.13. The van der Waals surface area contributed by atoms with Crippen molar-refractivity contribution >= 4 is 17.8 Å². The average Bonchev–Trinajstić information content (AvgIpc) is 2.65. The molecule has 0 saturated heterocycles. The lowest BCUT2D eigenvalue weighted by atomic mass is 9.95. The van der Waals surface area contributed by atoms with Gasteiger partial charge in [0.1, 0.15) is 5.70 Å². The van der Waals surface area contributed by atoms with E-state index in [4.69, 9.17) is 10.8 Å². The molecule has 162 valence electrons. The fraction of sp³-hybridized carbons (Fsp3) is 0.762. The van der Waals surface area contributed by atoms with E-state index < -0.39 is 11.9 Å². The highest BCUT2D eigenvalue weighted by Gasteiger charge is 2.24. The van der Waals surface area contributed by atoms with Crippen molar-refractivity contribution in [2.75, 3.05) is 0 Å². The molecule has 7 heteroatoms. The Balaban J connectivity index is 4.83. The molecule has 0 saturated carbocycles. The number of carboxylic acid groups (broad SMARTS) is 1. The van der Waals surface area contributed by atoms with Crippen LogP contribution in [0.25, 0.3) is 0 Å². The van der Waals surface area contributed by atoms with Crippen LogP contribution in [-0.2, 0) is 14.4 Å². The lowest BCUT2D eigenvalue weighted by molar-refractivity contribution is -0.135. The number of aliphatic carboxylic acids is 1. The number of allylic oxidation sites excluding steroid dienone is 1. The van der Waals surface area contributed by atoms with Crippen molar-refractivity contribution in [3.8, 4) is 0 Å². The number of carbonyl (C=O) groups excluding carboxylic acids is 2. The lowest BCUT2D eigenvalue weighted by Crippen LogP contribution is -2.46. The molecule has 0 rings (SSSR count). The van der Waals surface area contributed by atoms with Crippen molar-refractivity contribution in [3.05, 3.63) is 11.8 Å². The standard InChI is InChI=1S/C21H39N3O4/c1-5-8-10-12-16(14-19(25)24-18(7-3)21(27)28)23-20(26)15(4)17(22)13-11-9-6-2/h7,15-17H,5-6,8-14,22H2,1-4H3,(H,23,26)(H,24,25)(H,27,28)/b18-7-/t15-,16+,17+/m1/s1. The zero-order valence-electron chi connectivity index (χ0n) is 17.9. The second-order valence-electron chi connectivity index (χ2n) is 7.41. The summed E-state index contributed by atoms with van der Waals surface area (Å²) in [7, 11) is 0. The van der Waals surface area contributed by atoms with E-state index in [2.05, 4.69) is 24.5 Å². The van der Waals surface area contributed by atoms with Crippen LogP contribution in [0.5, 0.6) is 0 Å². The summed E-state index contributed by atoms with van der Waals surface area (Å²) in [6, 6.07) is -0.547. The van der Waals surface area contributed by atoms with Crippen LogP contribution < -0.4 is 16.4 Å². The molecule has 0 aliphatic carbocycles. The Bertz CT molecular complexity index is 520. The third-order valence-electron chi connectivity index (χ3n) is 4.92. The van der Waals surface area contributed by atoms with Crippen LogP contribution >= 0.6 is 0 Å². The van der Waals surface area contributed by atoms with E-state index in [1.807, 2.05) is 6.92 Å². The molecule has 7 nitrogen and oxygen atoms in total. The highest BCUT2D eigenvalue weighted by atomic mass is 16.4. The quantitative estimate of drug-likeness (QED) is 0.250. The van der Waals surface area contributed by atoms with Gasteiger partial charge in [0, 0.05) is 18.5 Å². The third-order valence-corrected chi connectivity index (χ3v) is 4.92. The summed E-state index contributed by atoms with van der Waals surface area (Å²) in [5, 5.41) is 14.4. The maximum atomic E-state index is 12.6. The first-order valence-corrected chi connectivity index (χ1v) is 10.5. The van der Waals surface area contributed by atoms with Gasteiger partial charge in [-0.1, -0.05) is 65.4 Å². The van der Waals surface area contributed by atoms with Crippen molar-refractivity contribution in [1.82, 2.24) is 10.6 Å². The summed E-state index contributed by atoms with van der Waals surface area (Å²) in [5.74, 6) is -2.09. The first-order valence-electron chi connectivity index (χ1n) is 10.5. The molecule has 0 aliphatic rings. The van der Waals surface area contributed by atoms with Gasteiger partial charge in [-0.05, 0) is 19.8 Å². The summed E-state index contributed by atoms with van der Waals surface area (Å²) in [6.07, 6.45) is 8.98. The molecule has 5 N–H and O–H groups in total. The van der Waals surface area contributed by atoms with Gasteiger partial charge in [0.05, 0.1) is 5.92 Å². The summed E-state index contributed by atoms with van der Waals surface area (Å²) >= 11 is 0. The number of carbonyl (C=O) groups is 3. The van der Waals surface area contributed by atoms with Gasteiger partial charge in [-0.15, -0.1) is 0 Å². The summed E-state index contributed by atoms with van der Waals surface area (Å²) in [5.41, 5.74) is 6.00. The molecule has 0 bridgehead atoms. The fourth-order valence-corrected chi connectivity index (χ4v) is 2.95. The van der Waals surface area contributed by atoms with Crippen LogP contribution in [0.15, 0.2) is 11.8 Å². The van der Waals surface area contributed by atoms with Crippen LogP contribution in [0, 0.1) is 5.92 Å². The van der Waals surface area contributed by atoms with Crippen molar-refractivity contribution in [2.45, 2.75) is 97.6 Å². The Morgan fingerprint density at radius 3 is 2.11 bits per heavy atom. The Hall–Kier alpha value is -1.89. The number of nitrogens with one attached hydrogen (secondary N) is 2. The van der Waals surface area contributed by atoms with Gasteiger partial charge in [-0.25, -0.2) is 4.79 Å². The molecule has 0 aromatic carbocycles. The fourth-order valence-electron chi connectivity index (χ4n) is 2.95. The van der Waals surface area contributed by atoms with E-state index in [1.54, 1.807) is 6.92 Å². The van der Waals surface area contributed by atoms with E-state index >= 15 is 0 Å². The molecule has 3 atom stereocenters. The van der Waals surface area contributed by atoms with Gasteiger partial charge >= 0.3 is 5.97 Å². The maximum absolute atomic E-state index is 12.6. The van der Waals surface area contributed by atoms with Crippen LogP contribution in [0.1, 0.15) is 85.5 Å². The van der Waals surface area contributed by atoms with E-state index in [1.165, 1.54) is 6.08 Å². The molecule has 0 fully saturated rings. The second-order valence-corrected chi connectivity index (χ2v) is 7.41. The maximum Gasteiger partial charge on any atom is 0.352 e. The first-order chi connectivity index (χ1) is 13.3. The normalized spacial score (nSPS) is 14.8. The first kappa shape index (κ1) is 26.1. The van der Waals surface area contributed by atoms with E-state index in [-0.39, 0.29) is 36.0 Å². The van der Waals surface area contributed by atoms with Gasteiger partial charge in [-0.2, -0.15) is 0 Å². The number of unbranched alkanes of at least 4 members (excludes halogenated alkanes) is 4. The number of rotatable bonds is 15. The zero-order valence-corrected chi connectivity index (χ0v) is 17.9. The highest BCUT2D eigenvalue weighted by molar-refractivity contribution is 5.92. The third kappa shape index (κ3) is 11.1. The van der Waals surface area contributed by atoms with Gasteiger partial charge in [0.15, 0.2) is 0 Å². The molecule has 2 amide bonds. The largest absolute Gasteiger partial charge is 0.477 e. The molecular weight excluding hydrogens is 358 g/mol. The molecule has 0 heterocycles. The number of hydrogen-bond donors (Lipinski definition) is 4. The van der Waals surface area contributed by atoms with E-state index in [0.717, 1.165) is 44.9 Å². The Labute approximate surface area is 169 Å². The number of amides is 2. The second kappa shape index (κ2) is 15.1. The molecule has 0 unspecified atom stereocenters. The molecular formula is C21H39N3O4. The molecule has 0 spiro atoms. The predicted molar refractivity (Wildman–Crippen MR) is 112 cm³/mol. The summed E-state index contributed by atoms with van der Waals surface area (Å²) in [6.45, 7) is 7.57. The number of nitrogens with two attached hydrogens (primary N) is 1. The minimum atomic E-state index is -1.19. The SMILES string of the molecule is C/C=C(\NC(=O)C[C@H](CCCCC)NC(=O)[C@H](C)[C@@H](N)CCCCC)C(=O)O. The average molecular weight is 398 g/mol. The Kier molecular flexibility index (Phi) is 14.1. The summed E-state index contributed by atoms with van der Waals surface area (Å²) in [4.78, 5) is 35.9.